The maximum atomic E-state index is 5.44. The molecule has 0 saturated carbocycles. The van der Waals surface area contributed by atoms with Crippen LogP contribution in [0.15, 0.2) is 0 Å². The summed E-state index contributed by atoms with van der Waals surface area (Å²) in [5, 5.41) is 0. The molecule has 0 rings (SSSR count). The fraction of sp³-hybridized carbons (Fsp3) is 0.667. The lowest BCUT2D eigenvalue weighted by atomic mass is 10.1. The van der Waals surface area contributed by atoms with E-state index in [9.17, 15) is 0 Å². The van der Waals surface area contributed by atoms with E-state index in [4.69, 9.17) is 18.0 Å². The number of hydrogen-bond donors (Lipinski definition) is 0. The molecule has 0 N–H and O–H groups in total. The molecule has 0 aliphatic carbocycles. The van der Waals surface area contributed by atoms with Gasteiger partial charge in [-0.2, -0.15) is 0 Å². The first-order valence-corrected chi connectivity index (χ1v) is 2.84. The van der Waals surface area contributed by atoms with Gasteiger partial charge in [-0.3, -0.25) is 0 Å². The molecule has 0 amide bonds. The monoisotopic (exact) mass is 116 g/mol. The largest absolute Gasteiger partial charge is 0.126 e. The van der Waals surface area contributed by atoms with Gasteiger partial charge in [-0.1, -0.05) is 6.92 Å². The maximum Gasteiger partial charge on any atom is 0.0258 e. The highest BCUT2D eigenvalue weighted by Crippen LogP contribution is 2.00. The van der Waals surface area contributed by atoms with Crippen molar-refractivity contribution in [1.29, 1.82) is 0 Å². The highest BCUT2D eigenvalue weighted by molar-refractivity contribution is 6.18. The summed E-state index contributed by atoms with van der Waals surface area (Å²) in [6.45, 7) is 2.03. The van der Waals surface area contributed by atoms with Crippen LogP contribution >= 0.6 is 11.6 Å². The molecule has 0 aliphatic rings. The molecule has 0 fully saturated rings. The minimum atomic E-state index is 0.478. The summed E-state index contributed by atoms with van der Waals surface area (Å²) in [6, 6.07) is 0. The van der Waals surface area contributed by atoms with Crippen LogP contribution in [-0.2, 0) is 0 Å². The minimum absolute atomic E-state index is 0.478. The smallest absolute Gasteiger partial charge is 0.0258 e. The van der Waals surface area contributed by atoms with E-state index in [1.54, 1.807) is 0 Å². The van der Waals surface area contributed by atoms with Crippen LogP contribution in [0.1, 0.15) is 13.3 Å². The quantitative estimate of drug-likeness (QED) is 0.382. The Hall–Kier alpha value is -0.150. The molecule has 1 heteroatoms. The predicted molar refractivity (Wildman–Crippen MR) is 33.3 cm³/mol. The summed E-state index contributed by atoms with van der Waals surface area (Å²) in [6.07, 6.45) is 5.79. The number of rotatable bonds is 2. The van der Waals surface area contributed by atoms with Crippen molar-refractivity contribution in [3.63, 3.8) is 0 Å². The molecule has 0 aliphatic heterocycles. The normalized spacial score (nSPS) is 12.7. The molecular weight excluding hydrogens is 108 g/mol. The lowest BCUT2D eigenvalue weighted by Gasteiger charge is -1.96. The van der Waals surface area contributed by atoms with Crippen LogP contribution in [0, 0.1) is 18.3 Å². The van der Waals surface area contributed by atoms with Crippen molar-refractivity contribution in [3.05, 3.63) is 0 Å². The van der Waals surface area contributed by atoms with Crippen molar-refractivity contribution in [2.75, 3.05) is 5.88 Å². The molecule has 0 aromatic heterocycles. The number of terminal acetylenes is 1. The third-order valence-corrected chi connectivity index (χ3v) is 1.26. The van der Waals surface area contributed by atoms with Gasteiger partial charge in [0, 0.05) is 12.3 Å². The van der Waals surface area contributed by atoms with E-state index in [0.29, 0.717) is 11.8 Å². The van der Waals surface area contributed by atoms with Crippen LogP contribution in [0.4, 0.5) is 0 Å². The highest BCUT2D eigenvalue weighted by atomic mass is 35.5. The maximum absolute atomic E-state index is 5.44. The van der Waals surface area contributed by atoms with E-state index < -0.39 is 0 Å². The Morgan fingerprint density at radius 1 is 1.86 bits per heavy atom. The molecule has 0 spiro atoms. The van der Waals surface area contributed by atoms with Crippen molar-refractivity contribution in [1.82, 2.24) is 0 Å². The van der Waals surface area contributed by atoms with Gasteiger partial charge < -0.3 is 0 Å². The van der Waals surface area contributed by atoms with Gasteiger partial charge in [0.1, 0.15) is 0 Å². The van der Waals surface area contributed by atoms with E-state index in [1.807, 2.05) is 6.92 Å². The van der Waals surface area contributed by atoms with Gasteiger partial charge in [0.25, 0.3) is 0 Å². The summed E-state index contributed by atoms with van der Waals surface area (Å²) < 4.78 is 0. The Morgan fingerprint density at radius 2 is 2.43 bits per heavy atom. The van der Waals surface area contributed by atoms with Crippen LogP contribution in [0.2, 0.25) is 0 Å². The van der Waals surface area contributed by atoms with Gasteiger partial charge in [-0.25, -0.2) is 0 Å². The zero-order valence-electron chi connectivity index (χ0n) is 4.45. The molecule has 0 heterocycles. The second kappa shape index (κ2) is 4.02. The molecule has 0 aromatic carbocycles. The topological polar surface area (TPSA) is 0 Å². The number of hydrogen-bond acceptors (Lipinski definition) is 0. The average Bonchev–Trinajstić information content (AvgIpc) is 1.68. The third-order valence-electron chi connectivity index (χ3n) is 0.730. The summed E-state index contributed by atoms with van der Waals surface area (Å²) in [5.41, 5.74) is 0. The van der Waals surface area contributed by atoms with Crippen molar-refractivity contribution in [2.24, 2.45) is 5.92 Å². The lowest BCUT2D eigenvalue weighted by molar-refractivity contribution is 0.684. The summed E-state index contributed by atoms with van der Waals surface area (Å²) in [4.78, 5) is 0. The Labute approximate surface area is 49.9 Å². The molecule has 1 atom stereocenters. The zero-order chi connectivity index (χ0) is 5.70. The number of alkyl halides is 1. The molecule has 1 unspecified atom stereocenters. The number of halogens is 1. The first-order chi connectivity index (χ1) is 3.31. The lowest BCUT2D eigenvalue weighted by Crippen LogP contribution is -1.91. The fourth-order valence-electron chi connectivity index (χ4n) is 0.256. The van der Waals surface area contributed by atoms with Gasteiger partial charge >= 0.3 is 0 Å². The van der Waals surface area contributed by atoms with Gasteiger partial charge in [0.15, 0.2) is 0 Å². The van der Waals surface area contributed by atoms with Crippen LogP contribution in [-0.4, -0.2) is 5.88 Å². The first kappa shape index (κ1) is 6.85. The van der Waals surface area contributed by atoms with E-state index in [0.717, 1.165) is 6.42 Å². The molecule has 0 bridgehead atoms. The van der Waals surface area contributed by atoms with Crippen LogP contribution in [0.25, 0.3) is 0 Å². The minimum Gasteiger partial charge on any atom is -0.126 e. The second-order valence-corrected chi connectivity index (χ2v) is 1.98. The van der Waals surface area contributed by atoms with Gasteiger partial charge in [0.05, 0.1) is 0 Å². The van der Waals surface area contributed by atoms with Crippen LogP contribution in [0.5, 0.6) is 0 Å². The third kappa shape index (κ3) is 3.69. The zero-order valence-corrected chi connectivity index (χ0v) is 5.20. The standard InChI is InChI=1S/C6H9Cl/c1-3-4-6(2)5-7/h1,6H,4-5H2,2H3. The van der Waals surface area contributed by atoms with E-state index in [-0.39, 0.29) is 0 Å². The average molecular weight is 117 g/mol. The van der Waals surface area contributed by atoms with Gasteiger partial charge in [-0.15, -0.1) is 23.9 Å². The van der Waals surface area contributed by atoms with Crippen molar-refractivity contribution in [3.8, 4) is 12.3 Å². The molecule has 7 heavy (non-hydrogen) atoms. The molecule has 0 radical (unpaired) electrons. The van der Waals surface area contributed by atoms with Gasteiger partial charge in [-0.05, 0) is 5.92 Å². The van der Waals surface area contributed by atoms with E-state index in [2.05, 4.69) is 5.92 Å². The summed E-state index contributed by atoms with van der Waals surface area (Å²) >= 11 is 5.44. The highest BCUT2D eigenvalue weighted by Gasteiger charge is 1.93. The Bertz CT molecular complexity index is 70.7. The molecule has 0 nitrogen and oxygen atoms in total. The Morgan fingerprint density at radius 3 is 2.57 bits per heavy atom. The fourth-order valence-corrected chi connectivity index (χ4v) is 0.365. The summed E-state index contributed by atoms with van der Waals surface area (Å²) in [5.74, 6) is 3.68. The van der Waals surface area contributed by atoms with Crippen molar-refractivity contribution in [2.45, 2.75) is 13.3 Å². The molecule has 0 saturated heterocycles. The molecule has 40 valence electrons. The van der Waals surface area contributed by atoms with Crippen LogP contribution in [0.3, 0.4) is 0 Å². The predicted octanol–water partition coefficient (Wildman–Crippen LogP) is 1.88. The van der Waals surface area contributed by atoms with E-state index in [1.165, 1.54) is 0 Å². The van der Waals surface area contributed by atoms with Gasteiger partial charge in [0.2, 0.25) is 0 Å². The van der Waals surface area contributed by atoms with Crippen LogP contribution < -0.4 is 0 Å². The summed E-state index contributed by atoms with van der Waals surface area (Å²) in [7, 11) is 0. The van der Waals surface area contributed by atoms with Crippen molar-refractivity contribution < 1.29 is 0 Å². The SMILES string of the molecule is C#CCC(C)CCl. The molecular formula is C6H9Cl. The van der Waals surface area contributed by atoms with Crippen molar-refractivity contribution >= 4 is 11.6 Å². The second-order valence-electron chi connectivity index (χ2n) is 1.67. The molecule has 0 aromatic rings. The Balaban J connectivity index is 3.03. The Kier molecular flexibility index (Phi) is 3.93. The van der Waals surface area contributed by atoms with E-state index >= 15 is 0 Å². The first-order valence-electron chi connectivity index (χ1n) is 2.30.